The maximum Gasteiger partial charge on any atom is 0.338 e. The van der Waals surface area contributed by atoms with E-state index in [2.05, 4.69) is 16.7 Å². The Morgan fingerprint density at radius 3 is 2.75 bits per heavy atom. The minimum absolute atomic E-state index is 0.0493. The summed E-state index contributed by atoms with van der Waals surface area (Å²) in [5, 5.41) is 17.1. The third-order valence-corrected chi connectivity index (χ3v) is 4.85. The highest BCUT2D eigenvalue weighted by Gasteiger charge is 2.26. The molecule has 8 heteroatoms. The van der Waals surface area contributed by atoms with Crippen LogP contribution in [0.15, 0.2) is 29.8 Å². The summed E-state index contributed by atoms with van der Waals surface area (Å²) in [5.74, 6) is -1.14. The molecule has 0 aromatic heterocycles. The summed E-state index contributed by atoms with van der Waals surface area (Å²) in [5.41, 5.74) is 1.62. The molecule has 0 radical (unpaired) electrons. The van der Waals surface area contributed by atoms with Crippen LogP contribution in [0.5, 0.6) is 0 Å². The molecular formula is C20H25N3O5. The Morgan fingerprint density at radius 1 is 1.25 bits per heavy atom. The molecule has 1 fully saturated rings. The quantitative estimate of drug-likeness (QED) is 0.291. The highest BCUT2D eigenvalue weighted by molar-refractivity contribution is 5.93. The van der Waals surface area contributed by atoms with Gasteiger partial charge in [0.1, 0.15) is 5.69 Å². The zero-order valence-electron chi connectivity index (χ0n) is 15.7. The van der Waals surface area contributed by atoms with Crippen molar-refractivity contribution in [3.05, 3.63) is 45.5 Å². The Balaban J connectivity index is 1.47. The molecule has 2 aliphatic rings. The van der Waals surface area contributed by atoms with Crippen LogP contribution in [0.1, 0.15) is 55.3 Å². The summed E-state index contributed by atoms with van der Waals surface area (Å²) in [6, 6.07) is 4.41. The van der Waals surface area contributed by atoms with E-state index >= 15 is 0 Å². The minimum atomic E-state index is -0.758. The van der Waals surface area contributed by atoms with Crippen molar-refractivity contribution in [2.75, 3.05) is 18.5 Å². The van der Waals surface area contributed by atoms with Crippen LogP contribution in [0.25, 0.3) is 0 Å². The van der Waals surface area contributed by atoms with E-state index < -0.39 is 17.5 Å². The molecule has 8 nitrogen and oxygen atoms in total. The van der Waals surface area contributed by atoms with E-state index in [0.29, 0.717) is 12.2 Å². The van der Waals surface area contributed by atoms with Gasteiger partial charge in [0.05, 0.1) is 10.5 Å². The van der Waals surface area contributed by atoms with Crippen LogP contribution in [0.3, 0.4) is 0 Å². The Hall–Kier alpha value is -2.90. The van der Waals surface area contributed by atoms with Crippen LogP contribution in [0, 0.1) is 10.1 Å². The first kappa shape index (κ1) is 19.9. The number of ether oxygens (including phenoxy) is 1. The van der Waals surface area contributed by atoms with E-state index in [-0.39, 0.29) is 23.2 Å². The number of carbonyl (C=O) groups is 2. The highest BCUT2D eigenvalue weighted by atomic mass is 16.6. The number of hydrogen-bond donors (Lipinski definition) is 2. The molecule has 1 amide bonds. The smallest absolute Gasteiger partial charge is 0.338 e. The molecule has 0 aliphatic heterocycles. The predicted octanol–water partition coefficient (Wildman–Crippen LogP) is 3.33. The van der Waals surface area contributed by atoms with Crippen LogP contribution < -0.4 is 10.6 Å². The molecule has 1 aromatic carbocycles. The van der Waals surface area contributed by atoms with Gasteiger partial charge in [0, 0.05) is 18.7 Å². The minimum Gasteiger partial charge on any atom is -0.452 e. The lowest BCUT2D eigenvalue weighted by Gasteiger charge is -2.13. The average molecular weight is 387 g/mol. The molecule has 28 heavy (non-hydrogen) atoms. The Morgan fingerprint density at radius 2 is 2.07 bits per heavy atom. The normalized spacial score (nSPS) is 16.1. The predicted molar refractivity (Wildman–Crippen MR) is 104 cm³/mol. The fourth-order valence-corrected chi connectivity index (χ4v) is 3.14. The lowest BCUT2D eigenvalue weighted by atomic mass is 9.97. The molecule has 150 valence electrons. The fourth-order valence-electron chi connectivity index (χ4n) is 3.14. The molecule has 1 aromatic rings. The topological polar surface area (TPSA) is 111 Å². The molecule has 0 unspecified atom stereocenters. The fraction of sp³-hybridized carbons (Fsp3) is 0.500. The summed E-state index contributed by atoms with van der Waals surface area (Å²) < 4.78 is 4.99. The van der Waals surface area contributed by atoms with Gasteiger partial charge in [0.15, 0.2) is 6.61 Å². The molecule has 0 saturated heterocycles. The number of esters is 1. The standard InChI is InChI=1S/C20H25N3O5/c24-19(21-11-10-14-4-2-1-3-5-14)13-28-20(25)15-6-9-17(22-16-7-8-16)18(12-15)23(26)27/h4,6,9,12,16,22H,1-3,5,7-8,10-11,13H2,(H,21,24). The van der Waals surface area contributed by atoms with Gasteiger partial charge in [0.25, 0.3) is 11.6 Å². The van der Waals surface area contributed by atoms with Crippen molar-refractivity contribution in [3.8, 4) is 0 Å². The van der Waals surface area contributed by atoms with Gasteiger partial charge < -0.3 is 15.4 Å². The first-order valence-electron chi connectivity index (χ1n) is 9.69. The lowest BCUT2D eigenvalue weighted by molar-refractivity contribution is -0.384. The number of amides is 1. The van der Waals surface area contributed by atoms with Gasteiger partial charge in [-0.05, 0) is 57.1 Å². The number of hydrogen-bond acceptors (Lipinski definition) is 6. The molecule has 3 rings (SSSR count). The molecule has 1 saturated carbocycles. The van der Waals surface area contributed by atoms with Gasteiger partial charge in [-0.1, -0.05) is 11.6 Å². The largest absolute Gasteiger partial charge is 0.452 e. The van der Waals surface area contributed by atoms with Gasteiger partial charge in [-0.3, -0.25) is 14.9 Å². The monoisotopic (exact) mass is 387 g/mol. The number of carbonyl (C=O) groups excluding carboxylic acids is 2. The van der Waals surface area contributed by atoms with E-state index in [1.165, 1.54) is 36.6 Å². The van der Waals surface area contributed by atoms with Gasteiger partial charge in [-0.2, -0.15) is 0 Å². The number of nitrogens with one attached hydrogen (secondary N) is 2. The summed E-state index contributed by atoms with van der Waals surface area (Å²) >= 11 is 0. The second kappa shape index (κ2) is 9.34. The molecule has 0 bridgehead atoms. The second-order valence-corrected chi connectivity index (χ2v) is 7.19. The van der Waals surface area contributed by atoms with Gasteiger partial charge in [-0.25, -0.2) is 4.79 Å². The molecule has 2 aliphatic carbocycles. The summed E-state index contributed by atoms with van der Waals surface area (Å²) in [7, 11) is 0. The SMILES string of the molecule is O=C(COC(=O)c1ccc(NC2CC2)c([N+](=O)[O-])c1)NCCC1=CCCCC1. The van der Waals surface area contributed by atoms with E-state index in [4.69, 9.17) is 4.74 Å². The maximum atomic E-state index is 12.1. The van der Waals surface area contributed by atoms with Gasteiger partial charge in [0.2, 0.25) is 0 Å². The highest BCUT2D eigenvalue weighted by Crippen LogP contribution is 2.31. The molecular weight excluding hydrogens is 362 g/mol. The Bertz CT molecular complexity index is 786. The Labute approximate surface area is 163 Å². The van der Waals surface area contributed by atoms with Gasteiger partial charge in [-0.15, -0.1) is 0 Å². The average Bonchev–Trinajstić information content (AvgIpc) is 3.51. The second-order valence-electron chi connectivity index (χ2n) is 7.19. The first-order valence-corrected chi connectivity index (χ1v) is 9.69. The number of benzene rings is 1. The van der Waals surface area contributed by atoms with E-state index in [0.717, 1.165) is 32.1 Å². The zero-order chi connectivity index (χ0) is 19.9. The van der Waals surface area contributed by atoms with Crippen LogP contribution in [0.4, 0.5) is 11.4 Å². The van der Waals surface area contributed by atoms with Crippen LogP contribution in [0.2, 0.25) is 0 Å². The summed E-state index contributed by atoms with van der Waals surface area (Å²) in [4.78, 5) is 34.7. The van der Waals surface area contributed by atoms with E-state index in [9.17, 15) is 19.7 Å². The number of nitro benzene ring substituents is 1. The number of nitro groups is 1. The first-order chi connectivity index (χ1) is 13.5. The zero-order valence-corrected chi connectivity index (χ0v) is 15.7. The van der Waals surface area contributed by atoms with Crippen LogP contribution >= 0.6 is 0 Å². The van der Waals surface area contributed by atoms with E-state index in [1.54, 1.807) is 0 Å². The molecule has 0 spiro atoms. The summed E-state index contributed by atoms with van der Waals surface area (Å²) in [6.07, 6.45) is 9.59. The Kier molecular flexibility index (Phi) is 6.62. The van der Waals surface area contributed by atoms with Crippen molar-refractivity contribution in [2.24, 2.45) is 0 Å². The van der Waals surface area contributed by atoms with Crippen LogP contribution in [-0.4, -0.2) is 36.0 Å². The summed E-state index contributed by atoms with van der Waals surface area (Å²) in [6.45, 7) is 0.100. The van der Waals surface area contributed by atoms with Crippen molar-refractivity contribution in [1.82, 2.24) is 5.32 Å². The molecule has 2 N–H and O–H groups in total. The number of anilines is 1. The third-order valence-electron chi connectivity index (χ3n) is 4.85. The molecule has 0 heterocycles. The van der Waals surface area contributed by atoms with Crippen LogP contribution in [-0.2, 0) is 9.53 Å². The number of rotatable bonds is 9. The third kappa shape index (κ3) is 5.80. The maximum absolute atomic E-state index is 12.1. The van der Waals surface area contributed by atoms with Gasteiger partial charge >= 0.3 is 5.97 Å². The van der Waals surface area contributed by atoms with Crippen molar-refractivity contribution in [3.63, 3.8) is 0 Å². The molecule has 0 atom stereocenters. The van der Waals surface area contributed by atoms with Crippen molar-refractivity contribution in [1.29, 1.82) is 0 Å². The van der Waals surface area contributed by atoms with E-state index in [1.807, 2.05) is 0 Å². The van der Waals surface area contributed by atoms with Crippen molar-refractivity contribution >= 4 is 23.3 Å². The van der Waals surface area contributed by atoms with Crippen molar-refractivity contribution < 1.29 is 19.2 Å². The van der Waals surface area contributed by atoms with Crippen molar-refractivity contribution in [2.45, 2.75) is 51.0 Å². The number of nitrogens with zero attached hydrogens (tertiary/aromatic N) is 1. The lowest BCUT2D eigenvalue weighted by Crippen LogP contribution is -2.29. The number of allylic oxidation sites excluding steroid dienone is 1.